The molecule has 0 spiro atoms. The molecule has 0 aliphatic rings. The Bertz CT molecular complexity index is 605. The molecule has 1 heterocycles. The Morgan fingerprint density at radius 1 is 1.25 bits per heavy atom. The molecule has 2 rings (SSSR count). The number of benzene rings is 1. The van der Waals surface area contributed by atoms with Crippen molar-refractivity contribution >= 4 is 11.9 Å². The number of carbonyl (C=O) groups excluding carboxylic acids is 1. The fraction of sp³-hybridized carbons (Fsp3) is 0.200. The number of hydrogen-bond acceptors (Lipinski definition) is 2. The molecule has 0 fully saturated rings. The molecule has 0 aliphatic heterocycles. The highest BCUT2D eigenvalue weighted by Gasteiger charge is 2.18. The first-order chi connectivity index (χ1) is 9.61. The Hall–Kier alpha value is -2.56. The van der Waals surface area contributed by atoms with Crippen LogP contribution in [0, 0.1) is 0 Å². The average Bonchev–Trinajstić information content (AvgIpc) is 2.98. The molecule has 1 aromatic carbocycles. The summed E-state index contributed by atoms with van der Waals surface area (Å²) in [6, 6.07) is 9.96. The van der Waals surface area contributed by atoms with E-state index in [2.05, 4.69) is 5.32 Å². The molecule has 104 valence electrons. The fourth-order valence-corrected chi connectivity index (χ4v) is 1.89. The highest BCUT2D eigenvalue weighted by molar-refractivity contribution is 5.97. The monoisotopic (exact) mass is 272 g/mol. The van der Waals surface area contributed by atoms with Crippen molar-refractivity contribution in [2.45, 2.75) is 19.4 Å². The van der Waals surface area contributed by atoms with Gasteiger partial charge in [-0.05, 0) is 36.8 Å². The zero-order valence-corrected chi connectivity index (χ0v) is 11.1. The van der Waals surface area contributed by atoms with Gasteiger partial charge in [-0.25, -0.2) is 4.79 Å². The van der Waals surface area contributed by atoms with Gasteiger partial charge in [-0.3, -0.25) is 4.79 Å². The zero-order valence-electron chi connectivity index (χ0n) is 11.1. The van der Waals surface area contributed by atoms with Crippen LogP contribution in [0.25, 0.3) is 5.69 Å². The van der Waals surface area contributed by atoms with Crippen LogP contribution < -0.4 is 5.32 Å². The van der Waals surface area contributed by atoms with Crippen molar-refractivity contribution in [3.63, 3.8) is 0 Å². The second-order valence-corrected chi connectivity index (χ2v) is 4.41. The Morgan fingerprint density at radius 2 is 1.95 bits per heavy atom. The maximum atomic E-state index is 12.1. The minimum atomic E-state index is -1.03. The first-order valence-electron chi connectivity index (χ1n) is 6.39. The zero-order chi connectivity index (χ0) is 14.5. The van der Waals surface area contributed by atoms with Crippen molar-refractivity contribution in [2.75, 3.05) is 0 Å². The number of hydrogen-bond donors (Lipinski definition) is 2. The third-order valence-corrected chi connectivity index (χ3v) is 3.02. The van der Waals surface area contributed by atoms with E-state index < -0.39 is 12.0 Å². The molecule has 0 saturated heterocycles. The SMILES string of the molecule is CC[C@H](NC(=O)c1cccc(-n2cccc2)c1)C(=O)O. The maximum Gasteiger partial charge on any atom is 0.326 e. The van der Waals surface area contributed by atoms with Crippen LogP contribution in [-0.2, 0) is 4.79 Å². The number of carboxylic acids is 1. The molecule has 1 aromatic heterocycles. The summed E-state index contributed by atoms with van der Waals surface area (Å²) in [5.41, 5.74) is 1.29. The largest absolute Gasteiger partial charge is 0.480 e. The second-order valence-electron chi connectivity index (χ2n) is 4.41. The van der Waals surface area contributed by atoms with E-state index in [0.717, 1.165) is 5.69 Å². The number of amides is 1. The van der Waals surface area contributed by atoms with Gasteiger partial charge in [0.1, 0.15) is 6.04 Å². The molecule has 5 heteroatoms. The van der Waals surface area contributed by atoms with Gasteiger partial charge in [-0.15, -0.1) is 0 Å². The number of aliphatic carboxylic acids is 1. The van der Waals surface area contributed by atoms with E-state index in [1.807, 2.05) is 35.2 Å². The topological polar surface area (TPSA) is 71.3 Å². The first kappa shape index (κ1) is 13.9. The molecule has 0 radical (unpaired) electrons. The molecule has 0 saturated carbocycles. The summed E-state index contributed by atoms with van der Waals surface area (Å²) in [4.78, 5) is 23.0. The maximum absolute atomic E-state index is 12.1. The van der Waals surface area contributed by atoms with Crippen LogP contribution in [0.2, 0.25) is 0 Å². The van der Waals surface area contributed by atoms with Crippen LogP contribution in [0.5, 0.6) is 0 Å². The smallest absolute Gasteiger partial charge is 0.326 e. The van der Waals surface area contributed by atoms with E-state index in [1.165, 1.54) is 0 Å². The van der Waals surface area contributed by atoms with Gasteiger partial charge in [0.2, 0.25) is 0 Å². The molecule has 1 atom stereocenters. The number of aromatic nitrogens is 1. The predicted octanol–water partition coefficient (Wildman–Crippen LogP) is 2.07. The van der Waals surface area contributed by atoms with Crippen LogP contribution in [-0.4, -0.2) is 27.6 Å². The Labute approximate surface area is 116 Å². The summed E-state index contributed by atoms with van der Waals surface area (Å²) >= 11 is 0. The van der Waals surface area contributed by atoms with Gasteiger partial charge in [0, 0.05) is 23.6 Å². The molecular formula is C15H16N2O3. The quantitative estimate of drug-likeness (QED) is 0.875. The van der Waals surface area contributed by atoms with E-state index in [1.54, 1.807) is 25.1 Å². The highest BCUT2D eigenvalue weighted by atomic mass is 16.4. The standard InChI is InChI=1S/C15H16N2O3/c1-2-13(15(19)20)16-14(18)11-6-5-7-12(10-11)17-8-3-4-9-17/h3-10,13H,2H2,1H3,(H,16,18)(H,19,20)/t13-/m0/s1. The van der Waals surface area contributed by atoms with Crippen molar-refractivity contribution in [3.05, 3.63) is 54.4 Å². The van der Waals surface area contributed by atoms with Crippen molar-refractivity contribution in [3.8, 4) is 5.69 Å². The van der Waals surface area contributed by atoms with Gasteiger partial charge in [0.05, 0.1) is 0 Å². The van der Waals surface area contributed by atoms with Gasteiger partial charge in [-0.1, -0.05) is 13.0 Å². The summed E-state index contributed by atoms with van der Waals surface area (Å²) in [5.74, 6) is -1.41. The summed E-state index contributed by atoms with van der Waals surface area (Å²) in [7, 11) is 0. The lowest BCUT2D eigenvalue weighted by Gasteiger charge is -2.13. The van der Waals surface area contributed by atoms with Crippen LogP contribution in [0.1, 0.15) is 23.7 Å². The molecule has 5 nitrogen and oxygen atoms in total. The first-order valence-corrected chi connectivity index (χ1v) is 6.39. The Balaban J connectivity index is 2.19. The Morgan fingerprint density at radius 3 is 2.55 bits per heavy atom. The van der Waals surface area contributed by atoms with Crippen LogP contribution in [0.4, 0.5) is 0 Å². The van der Waals surface area contributed by atoms with Crippen LogP contribution in [0.15, 0.2) is 48.8 Å². The predicted molar refractivity (Wildman–Crippen MR) is 75.0 cm³/mol. The van der Waals surface area contributed by atoms with E-state index >= 15 is 0 Å². The number of carbonyl (C=O) groups is 2. The van der Waals surface area contributed by atoms with Crippen LogP contribution in [0.3, 0.4) is 0 Å². The minimum Gasteiger partial charge on any atom is -0.480 e. The average molecular weight is 272 g/mol. The van der Waals surface area contributed by atoms with Gasteiger partial charge < -0.3 is 15.0 Å². The highest BCUT2D eigenvalue weighted by Crippen LogP contribution is 2.11. The molecule has 2 N–H and O–H groups in total. The lowest BCUT2D eigenvalue weighted by atomic mass is 10.1. The van der Waals surface area contributed by atoms with E-state index in [9.17, 15) is 9.59 Å². The number of rotatable bonds is 5. The van der Waals surface area contributed by atoms with Crippen molar-refractivity contribution in [2.24, 2.45) is 0 Å². The molecule has 20 heavy (non-hydrogen) atoms. The third-order valence-electron chi connectivity index (χ3n) is 3.02. The van der Waals surface area contributed by atoms with E-state index in [-0.39, 0.29) is 5.91 Å². The van der Waals surface area contributed by atoms with Gasteiger partial charge in [0.25, 0.3) is 5.91 Å². The van der Waals surface area contributed by atoms with Crippen molar-refractivity contribution in [1.82, 2.24) is 9.88 Å². The number of nitrogens with zero attached hydrogens (tertiary/aromatic N) is 1. The number of nitrogens with one attached hydrogen (secondary N) is 1. The number of carboxylic acid groups (broad SMARTS) is 1. The van der Waals surface area contributed by atoms with E-state index in [0.29, 0.717) is 12.0 Å². The molecule has 0 aliphatic carbocycles. The normalized spacial score (nSPS) is 11.8. The van der Waals surface area contributed by atoms with E-state index in [4.69, 9.17) is 5.11 Å². The van der Waals surface area contributed by atoms with Gasteiger partial charge >= 0.3 is 5.97 Å². The fourth-order valence-electron chi connectivity index (χ4n) is 1.89. The molecule has 1 amide bonds. The minimum absolute atomic E-state index is 0.346. The summed E-state index contributed by atoms with van der Waals surface area (Å²) in [5, 5.41) is 11.5. The van der Waals surface area contributed by atoms with Crippen LogP contribution >= 0.6 is 0 Å². The van der Waals surface area contributed by atoms with Crippen molar-refractivity contribution in [1.29, 1.82) is 0 Å². The molecule has 2 aromatic rings. The second kappa shape index (κ2) is 6.06. The molecule has 0 bridgehead atoms. The molecular weight excluding hydrogens is 256 g/mol. The third kappa shape index (κ3) is 3.06. The lowest BCUT2D eigenvalue weighted by Crippen LogP contribution is -2.40. The van der Waals surface area contributed by atoms with Crippen molar-refractivity contribution < 1.29 is 14.7 Å². The Kier molecular flexibility index (Phi) is 4.20. The van der Waals surface area contributed by atoms with Gasteiger partial charge in [0.15, 0.2) is 0 Å². The molecule has 0 unspecified atom stereocenters. The van der Waals surface area contributed by atoms with Gasteiger partial charge in [-0.2, -0.15) is 0 Å². The summed E-state index contributed by atoms with van der Waals surface area (Å²) < 4.78 is 1.88. The summed E-state index contributed by atoms with van der Waals surface area (Å²) in [6.07, 6.45) is 4.10. The summed E-state index contributed by atoms with van der Waals surface area (Å²) in [6.45, 7) is 1.72. The lowest BCUT2D eigenvalue weighted by molar-refractivity contribution is -0.139.